The Morgan fingerprint density at radius 3 is 2.48 bits per heavy atom. The number of benzene rings is 1. The van der Waals surface area contributed by atoms with Gasteiger partial charge in [-0.2, -0.15) is 0 Å². The molecular formula is C17H22Cl2N2O2. The molecule has 0 unspecified atom stereocenters. The van der Waals surface area contributed by atoms with Gasteiger partial charge in [0.25, 0.3) is 0 Å². The minimum atomic E-state index is -0.131. The Kier molecular flexibility index (Phi) is 7.18. The highest BCUT2D eigenvalue weighted by Gasteiger charge is 2.15. The van der Waals surface area contributed by atoms with Gasteiger partial charge in [-0.05, 0) is 30.5 Å². The van der Waals surface area contributed by atoms with E-state index in [-0.39, 0.29) is 18.2 Å². The van der Waals surface area contributed by atoms with E-state index in [1.165, 1.54) is 19.3 Å². The quantitative estimate of drug-likeness (QED) is 0.819. The molecule has 0 aromatic heterocycles. The van der Waals surface area contributed by atoms with Crippen LogP contribution in [-0.4, -0.2) is 24.4 Å². The zero-order valence-corrected chi connectivity index (χ0v) is 14.6. The summed E-state index contributed by atoms with van der Waals surface area (Å²) in [7, 11) is 0. The number of carbonyl (C=O) groups excluding carboxylic acids is 2. The van der Waals surface area contributed by atoms with E-state index in [0.29, 0.717) is 29.1 Å². The predicted molar refractivity (Wildman–Crippen MR) is 92.8 cm³/mol. The summed E-state index contributed by atoms with van der Waals surface area (Å²) < 4.78 is 0. The molecule has 0 atom stereocenters. The van der Waals surface area contributed by atoms with Crippen molar-refractivity contribution in [2.45, 2.75) is 51.0 Å². The molecule has 1 aliphatic carbocycles. The topological polar surface area (TPSA) is 58.2 Å². The Labute approximate surface area is 146 Å². The molecule has 1 aliphatic rings. The van der Waals surface area contributed by atoms with Crippen LogP contribution in [-0.2, 0) is 16.0 Å². The highest BCUT2D eigenvalue weighted by Crippen LogP contribution is 2.22. The summed E-state index contributed by atoms with van der Waals surface area (Å²) >= 11 is 11.8. The Hall–Kier alpha value is -1.26. The lowest BCUT2D eigenvalue weighted by Crippen LogP contribution is -2.38. The van der Waals surface area contributed by atoms with Gasteiger partial charge in [-0.3, -0.25) is 9.59 Å². The number of hydrogen-bond donors (Lipinski definition) is 2. The van der Waals surface area contributed by atoms with Crippen molar-refractivity contribution in [1.82, 2.24) is 10.6 Å². The first-order valence-electron chi connectivity index (χ1n) is 8.04. The second kappa shape index (κ2) is 9.14. The van der Waals surface area contributed by atoms with Crippen molar-refractivity contribution >= 4 is 35.0 Å². The van der Waals surface area contributed by atoms with E-state index < -0.39 is 0 Å². The van der Waals surface area contributed by atoms with E-state index in [2.05, 4.69) is 10.6 Å². The molecule has 1 aromatic carbocycles. The van der Waals surface area contributed by atoms with Crippen molar-refractivity contribution in [2.24, 2.45) is 0 Å². The molecule has 23 heavy (non-hydrogen) atoms. The van der Waals surface area contributed by atoms with Gasteiger partial charge in [0.05, 0.1) is 16.5 Å². The summed E-state index contributed by atoms with van der Waals surface area (Å²) in [4.78, 5) is 23.7. The zero-order valence-electron chi connectivity index (χ0n) is 13.0. The fraction of sp³-hybridized carbons (Fsp3) is 0.529. The van der Waals surface area contributed by atoms with Gasteiger partial charge in [-0.15, -0.1) is 0 Å². The third-order valence-electron chi connectivity index (χ3n) is 3.99. The van der Waals surface area contributed by atoms with Crippen molar-refractivity contribution < 1.29 is 9.59 Å². The molecule has 4 nitrogen and oxygen atoms in total. The maximum absolute atomic E-state index is 11.9. The standard InChI is InChI=1S/C17H22Cl2N2O2/c18-14-7-6-12(10-15(14)19)11-17(23)20-9-8-16(22)21-13-4-2-1-3-5-13/h6-7,10,13H,1-5,8-9,11H2,(H,20,23)(H,21,22). The number of rotatable bonds is 6. The molecule has 2 amide bonds. The molecule has 0 saturated heterocycles. The Bertz CT molecular complexity index is 558. The summed E-state index contributed by atoms with van der Waals surface area (Å²) in [5, 5.41) is 6.69. The number of hydrogen-bond acceptors (Lipinski definition) is 2. The Morgan fingerprint density at radius 2 is 1.78 bits per heavy atom. The molecule has 1 fully saturated rings. The largest absolute Gasteiger partial charge is 0.355 e. The maximum atomic E-state index is 11.9. The zero-order chi connectivity index (χ0) is 16.7. The van der Waals surface area contributed by atoms with Crippen molar-refractivity contribution in [3.05, 3.63) is 33.8 Å². The highest BCUT2D eigenvalue weighted by atomic mass is 35.5. The molecule has 1 saturated carbocycles. The van der Waals surface area contributed by atoms with E-state index in [1.54, 1.807) is 18.2 Å². The fourth-order valence-corrected chi connectivity index (χ4v) is 3.08. The average Bonchev–Trinajstić information content (AvgIpc) is 2.52. The first-order chi connectivity index (χ1) is 11.0. The van der Waals surface area contributed by atoms with Crippen molar-refractivity contribution in [3.8, 4) is 0 Å². The second-order valence-electron chi connectivity index (χ2n) is 5.93. The van der Waals surface area contributed by atoms with Gasteiger partial charge in [0.15, 0.2) is 0 Å². The first kappa shape index (κ1) is 18.1. The van der Waals surface area contributed by atoms with Crippen LogP contribution in [0, 0.1) is 0 Å². The lowest BCUT2D eigenvalue weighted by Gasteiger charge is -2.22. The Morgan fingerprint density at radius 1 is 1.04 bits per heavy atom. The van der Waals surface area contributed by atoms with Crippen LogP contribution in [0.1, 0.15) is 44.1 Å². The predicted octanol–water partition coefficient (Wildman–Crippen LogP) is 3.49. The lowest BCUT2D eigenvalue weighted by molar-refractivity contribution is -0.122. The van der Waals surface area contributed by atoms with Crippen LogP contribution in [0.4, 0.5) is 0 Å². The first-order valence-corrected chi connectivity index (χ1v) is 8.80. The molecule has 1 aromatic rings. The van der Waals surface area contributed by atoms with Gasteiger partial charge in [0.1, 0.15) is 0 Å². The van der Waals surface area contributed by atoms with Crippen LogP contribution in [0.5, 0.6) is 0 Å². The average molecular weight is 357 g/mol. The highest BCUT2D eigenvalue weighted by molar-refractivity contribution is 6.42. The smallest absolute Gasteiger partial charge is 0.224 e. The van der Waals surface area contributed by atoms with Gasteiger partial charge >= 0.3 is 0 Å². The molecule has 0 heterocycles. The van der Waals surface area contributed by atoms with Crippen LogP contribution in [0.15, 0.2) is 18.2 Å². The fourth-order valence-electron chi connectivity index (χ4n) is 2.76. The summed E-state index contributed by atoms with van der Waals surface area (Å²) in [6.07, 6.45) is 6.30. The summed E-state index contributed by atoms with van der Waals surface area (Å²) in [6, 6.07) is 5.43. The molecule has 0 spiro atoms. The minimum absolute atomic E-state index is 0.00624. The van der Waals surface area contributed by atoms with E-state index in [4.69, 9.17) is 23.2 Å². The van der Waals surface area contributed by atoms with E-state index in [1.807, 2.05) is 0 Å². The van der Waals surface area contributed by atoms with Gasteiger partial charge in [-0.1, -0.05) is 48.5 Å². The van der Waals surface area contributed by atoms with E-state index >= 15 is 0 Å². The summed E-state index contributed by atoms with van der Waals surface area (Å²) in [6.45, 7) is 0.346. The van der Waals surface area contributed by atoms with Crippen LogP contribution < -0.4 is 10.6 Å². The number of carbonyl (C=O) groups is 2. The van der Waals surface area contributed by atoms with Crippen LogP contribution >= 0.6 is 23.2 Å². The molecule has 0 bridgehead atoms. The molecule has 0 aliphatic heterocycles. The Balaban J connectivity index is 1.65. The van der Waals surface area contributed by atoms with Crippen LogP contribution in [0.25, 0.3) is 0 Å². The van der Waals surface area contributed by atoms with E-state index in [9.17, 15) is 9.59 Å². The monoisotopic (exact) mass is 356 g/mol. The van der Waals surface area contributed by atoms with Crippen LogP contribution in [0.2, 0.25) is 10.0 Å². The van der Waals surface area contributed by atoms with Gasteiger partial charge < -0.3 is 10.6 Å². The molecule has 0 radical (unpaired) electrons. The molecule has 6 heteroatoms. The van der Waals surface area contributed by atoms with Crippen LogP contribution in [0.3, 0.4) is 0 Å². The summed E-state index contributed by atoms with van der Waals surface area (Å²) in [5.41, 5.74) is 0.795. The number of halogens is 2. The maximum Gasteiger partial charge on any atom is 0.224 e. The third kappa shape index (κ3) is 6.40. The second-order valence-corrected chi connectivity index (χ2v) is 6.74. The van der Waals surface area contributed by atoms with Gasteiger partial charge in [0.2, 0.25) is 11.8 Å². The van der Waals surface area contributed by atoms with Crippen molar-refractivity contribution in [2.75, 3.05) is 6.54 Å². The molecular weight excluding hydrogens is 335 g/mol. The number of nitrogens with one attached hydrogen (secondary N) is 2. The van der Waals surface area contributed by atoms with Gasteiger partial charge in [0, 0.05) is 19.0 Å². The van der Waals surface area contributed by atoms with E-state index in [0.717, 1.165) is 18.4 Å². The van der Waals surface area contributed by atoms with Crippen molar-refractivity contribution in [3.63, 3.8) is 0 Å². The third-order valence-corrected chi connectivity index (χ3v) is 4.73. The van der Waals surface area contributed by atoms with Crippen molar-refractivity contribution in [1.29, 1.82) is 0 Å². The lowest BCUT2D eigenvalue weighted by atomic mass is 9.95. The molecule has 2 rings (SSSR count). The molecule has 126 valence electrons. The van der Waals surface area contributed by atoms with Gasteiger partial charge in [-0.25, -0.2) is 0 Å². The molecule has 2 N–H and O–H groups in total. The summed E-state index contributed by atoms with van der Waals surface area (Å²) in [5.74, 6) is -0.124. The number of amides is 2. The normalized spacial score (nSPS) is 15.2. The SMILES string of the molecule is O=C(Cc1ccc(Cl)c(Cl)c1)NCCC(=O)NC1CCCCC1. The minimum Gasteiger partial charge on any atom is -0.355 e.